The van der Waals surface area contributed by atoms with E-state index >= 15 is 0 Å². The first-order chi connectivity index (χ1) is 11.7. The summed E-state index contributed by atoms with van der Waals surface area (Å²) in [4.78, 5) is 16.3. The van der Waals surface area contributed by atoms with Crippen molar-refractivity contribution in [3.63, 3.8) is 0 Å². The molecule has 2 heterocycles. The first kappa shape index (κ1) is 16.9. The van der Waals surface area contributed by atoms with Crippen molar-refractivity contribution in [2.45, 2.75) is 19.4 Å². The topological polar surface area (TPSA) is 54.0 Å². The molecule has 1 fully saturated rings. The van der Waals surface area contributed by atoms with Gasteiger partial charge in [0.1, 0.15) is 11.9 Å². The van der Waals surface area contributed by atoms with Crippen molar-refractivity contribution in [2.24, 2.45) is 5.92 Å². The van der Waals surface area contributed by atoms with Gasteiger partial charge in [-0.25, -0.2) is 4.79 Å². The Bertz CT molecular complexity index is 560. The number of fused-ring (bicyclic) bond motifs is 1. The number of carbonyl (C=O) groups is 1. The van der Waals surface area contributed by atoms with Gasteiger partial charge in [0.05, 0.1) is 25.4 Å². The SMILES string of the molecule is CCN1CC(CN(C)C(=O)NCC2CCOC2)Oc2ccccc21. The van der Waals surface area contributed by atoms with Crippen molar-refractivity contribution < 1.29 is 14.3 Å². The van der Waals surface area contributed by atoms with Gasteiger partial charge in [-0.3, -0.25) is 0 Å². The van der Waals surface area contributed by atoms with Crippen LogP contribution in [0.15, 0.2) is 24.3 Å². The maximum absolute atomic E-state index is 12.3. The van der Waals surface area contributed by atoms with Crippen molar-refractivity contribution in [3.05, 3.63) is 24.3 Å². The molecule has 1 aromatic carbocycles. The molecule has 0 spiro atoms. The summed E-state index contributed by atoms with van der Waals surface area (Å²) in [7, 11) is 1.82. The Balaban J connectivity index is 1.52. The summed E-state index contributed by atoms with van der Waals surface area (Å²) in [5.74, 6) is 1.34. The highest BCUT2D eigenvalue weighted by Crippen LogP contribution is 2.32. The first-order valence-corrected chi connectivity index (χ1v) is 8.74. The van der Waals surface area contributed by atoms with Gasteiger partial charge < -0.3 is 24.6 Å². The van der Waals surface area contributed by atoms with Crippen LogP contribution in [-0.2, 0) is 4.74 Å². The van der Waals surface area contributed by atoms with Gasteiger partial charge in [-0.15, -0.1) is 0 Å². The normalized spacial score (nSPS) is 22.7. The van der Waals surface area contributed by atoms with Crippen LogP contribution in [0.3, 0.4) is 0 Å². The van der Waals surface area contributed by atoms with Crippen molar-refractivity contribution in [1.29, 1.82) is 0 Å². The number of nitrogens with one attached hydrogen (secondary N) is 1. The molecule has 2 amide bonds. The fourth-order valence-corrected chi connectivity index (χ4v) is 3.27. The van der Waals surface area contributed by atoms with Crippen molar-refractivity contribution >= 4 is 11.7 Å². The van der Waals surface area contributed by atoms with E-state index in [2.05, 4.69) is 23.2 Å². The first-order valence-electron chi connectivity index (χ1n) is 8.74. The number of anilines is 1. The molecule has 6 heteroatoms. The lowest BCUT2D eigenvalue weighted by Gasteiger charge is -2.37. The molecular formula is C18H27N3O3. The van der Waals surface area contributed by atoms with Crippen LogP contribution in [0.1, 0.15) is 13.3 Å². The van der Waals surface area contributed by atoms with E-state index in [0.717, 1.165) is 44.2 Å². The lowest BCUT2D eigenvalue weighted by molar-refractivity contribution is 0.144. The van der Waals surface area contributed by atoms with Crippen LogP contribution in [0.5, 0.6) is 5.75 Å². The fourth-order valence-electron chi connectivity index (χ4n) is 3.27. The van der Waals surface area contributed by atoms with Crippen LogP contribution in [0.4, 0.5) is 10.5 Å². The Morgan fingerprint density at radius 2 is 2.25 bits per heavy atom. The van der Waals surface area contributed by atoms with Gasteiger partial charge in [-0.05, 0) is 25.5 Å². The number of likely N-dealkylation sites (N-methyl/N-ethyl adjacent to an activating group) is 2. The van der Waals surface area contributed by atoms with E-state index in [1.165, 1.54) is 0 Å². The largest absolute Gasteiger partial charge is 0.485 e. The molecule has 24 heavy (non-hydrogen) atoms. The third-order valence-electron chi connectivity index (χ3n) is 4.70. The minimum Gasteiger partial charge on any atom is -0.485 e. The molecule has 2 aliphatic rings. The molecular weight excluding hydrogens is 306 g/mol. The van der Waals surface area contributed by atoms with Crippen molar-refractivity contribution in [2.75, 3.05) is 51.3 Å². The summed E-state index contributed by atoms with van der Waals surface area (Å²) in [6.45, 7) is 6.66. The fraction of sp³-hybridized carbons (Fsp3) is 0.611. The van der Waals surface area contributed by atoms with Gasteiger partial charge in [-0.1, -0.05) is 12.1 Å². The van der Waals surface area contributed by atoms with E-state index < -0.39 is 0 Å². The van der Waals surface area contributed by atoms with E-state index in [0.29, 0.717) is 19.0 Å². The lowest BCUT2D eigenvalue weighted by atomic mass is 10.1. The number of carbonyl (C=O) groups excluding carboxylic acids is 1. The smallest absolute Gasteiger partial charge is 0.317 e. The zero-order valence-corrected chi connectivity index (χ0v) is 14.5. The summed E-state index contributed by atoms with van der Waals surface area (Å²) in [5, 5.41) is 3.00. The second-order valence-corrected chi connectivity index (χ2v) is 6.54. The van der Waals surface area contributed by atoms with Crippen LogP contribution in [0.2, 0.25) is 0 Å². The number of hydrogen-bond donors (Lipinski definition) is 1. The lowest BCUT2D eigenvalue weighted by Crippen LogP contribution is -2.49. The van der Waals surface area contributed by atoms with E-state index in [1.54, 1.807) is 4.90 Å². The van der Waals surface area contributed by atoms with Crippen LogP contribution in [0, 0.1) is 5.92 Å². The monoisotopic (exact) mass is 333 g/mol. The summed E-state index contributed by atoms with van der Waals surface area (Å²) in [6, 6.07) is 8.03. The summed E-state index contributed by atoms with van der Waals surface area (Å²) >= 11 is 0. The molecule has 0 bridgehead atoms. The van der Waals surface area contributed by atoms with Gasteiger partial charge in [-0.2, -0.15) is 0 Å². The average Bonchev–Trinajstić information content (AvgIpc) is 3.12. The second kappa shape index (κ2) is 7.75. The highest BCUT2D eigenvalue weighted by molar-refractivity contribution is 5.74. The number of ether oxygens (including phenoxy) is 2. The molecule has 0 aromatic heterocycles. The molecule has 1 aromatic rings. The number of hydrogen-bond acceptors (Lipinski definition) is 4. The molecule has 1 saturated heterocycles. The molecule has 0 saturated carbocycles. The summed E-state index contributed by atoms with van der Waals surface area (Å²) < 4.78 is 11.4. The van der Waals surface area contributed by atoms with Crippen LogP contribution in [-0.4, -0.2) is 63.5 Å². The molecule has 6 nitrogen and oxygen atoms in total. The van der Waals surface area contributed by atoms with Gasteiger partial charge in [0.2, 0.25) is 0 Å². The number of para-hydroxylation sites is 2. The minimum atomic E-state index is -0.0487. The maximum atomic E-state index is 12.3. The van der Waals surface area contributed by atoms with Gasteiger partial charge in [0.15, 0.2) is 0 Å². The van der Waals surface area contributed by atoms with E-state index in [1.807, 2.05) is 25.2 Å². The van der Waals surface area contributed by atoms with E-state index in [9.17, 15) is 4.79 Å². The maximum Gasteiger partial charge on any atom is 0.317 e. The van der Waals surface area contributed by atoms with Gasteiger partial charge in [0.25, 0.3) is 0 Å². The highest BCUT2D eigenvalue weighted by atomic mass is 16.5. The molecule has 1 N–H and O–H groups in total. The summed E-state index contributed by atoms with van der Waals surface area (Å²) in [5.41, 5.74) is 1.13. The van der Waals surface area contributed by atoms with E-state index in [-0.39, 0.29) is 12.1 Å². The molecule has 0 radical (unpaired) electrons. The highest BCUT2D eigenvalue weighted by Gasteiger charge is 2.27. The number of urea groups is 1. The number of amides is 2. The predicted molar refractivity (Wildman–Crippen MR) is 93.7 cm³/mol. The van der Waals surface area contributed by atoms with Gasteiger partial charge >= 0.3 is 6.03 Å². The van der Waals surface area contributed by atoms with Crippen LogP contribution < -0.4 is 15.0 Å². The van der Waals surface area contributed by atoms with Crippen LogP contribution >= 0.6 is 0 Å². The average molecular weight is 333 g/mol. The van der Waals surface area contributed by atoms with Crippen molar-refractivity contribution in [3.8, 4) is 5.75 Å². The Hall–Kier alpha value is -1.95. The van der Waals surface area contributed by atoms with E-state index in [4.69, 9.17) is 9.47 Å². The third kappa shape index (κ3) is 3.93. The zero-order valence-electron chi connectivity index (χ0n) is 14.5. The predicted octanol–water partition coefficient (Wildman–Crippen LogP) is 1.95. The van der Waals surface area contributed by atoms with Crippen LogP contribution in [0.25, 0.3) is 0 Å². The number of nitrogens with zero attached hydrogens (tertiary/aromatic N) is 2. The second-order valence-electron chi connectivity index (χ2n) is 6.54. The Morgan fingerprint density at radius 3 is 3.00 bits per heavy atom. The molecule has 2 atom stereocenters. The van der Waals surface area contributed by atoms with Crippen molar-refractivity contribution in [1.82, 2.24) is 10.2 Å². The molecule has 3 rings (SSSR count). The molecule has 0 aliphatic carbocycles. The van der Waals surface area contributed by atoms with Gasteiger partial charge in [0, 0.05) is 32.7 Å². The quantitative estimate of drug-likeness (QED) is 0.895. The molecule has 2 aliphatic heterocycles. The molecule has 2 unspecified atom stereocenters. The Kier molecular flexibility index (Phi) is 5.45. The Morgan fingerprint density at radius 1 is 1.42 bits per heavy atom. The molecule has 132 valence electrons. The summed E-state index contributed by atoms with van der Waals surface area (Å²) in [6.07, 6.45) is 1.00. The number of benzene rings is 1. The zero-order chi connectivity index (χ0) is 16.9. The Labute approximate surface area is 143 Å². The third-order valence-corrected chi connectivity index (χ3v) is 4.70. The minimum absolute atomic E-state index is 0.0228. The number of rotatable bonds is 5. The standard InChI is InChI=1S/C18H27N3O3/c1-3-21-12-15(24-17-7-5-4-6-16(17)21)11-20(2)18(22)19-10-14-8-9-23-13-14/h4-7,14-15H,3,8-13H2,1-2H3,(H,19,22).